The summed E-state index contributed by atoms with van der Waals surface area (Å²) in [5.74, 6) is 0. The molecule has 0 saturated carbocycles. The lowest BCUT2D eigenvalue weighted by Gasteiger charge is -2.36. The quantitative estimate of drug-likeness (QED) is 0.796. The summed E-state index contributed by atoms with van der Waals surface area (Å²) in [5.41, 5.74) is 7.29. The molecule has 19 heavy (non-hydrogen) atoms. The van der Waals surface area contributed by atoms with Crippen LogP contribution in [-0.4, -0.2) is 14.9 Å². The number of benzene rings is 1. The fourth-order valence-corrected chi connectivity index (χ4v) is 2.72. The van der Waals surface area contributed by atoms with Gasteiger partial charge < -0.3 is 10.2 Å². The minimum absolute atomic E-state index is 0.0158. The highest BCUT2D eigenvalue weighted by Crippen LogP contribution is 2.36. The third kappa shape index (κ3) is 4.92. The molecule has 0 spiro atoms. The molecule has 1 atom stereocenters. The van der Waals surface area contributed by atoms with E-state index in [4.69, 9.17) is 21.8 Å². The molecule has 0 heterocycles. The average molecular weight is 300 g/mol. The molecule has 1 aromatic carbocycles. The largest absolute Gasteiger partial charge is 0.417 e. The van der Waals surface area contributed by atoms with Crippen molar-refractivity contribution < 1.29 is 4.43 Å². The lowest BCUT2D eigenvalue weighted by atomic mass is 10.1. The van der Waals surface area contributed by atoms with Crippen LogP contribution in [0.25, 0.3) is 0 Å². The summed E-state index contributed by atoms with van der Waals surface area (Å²) in [5, 5.41) is 0.991. The van der Waals surface area contributed by atoms with Crippen LogP contribution in [0.4, 0.5) is 0 Å². The van der Waals surface area contributed by atoms with Gasteiger partial charge in [0.05, 0.1) is 0 Å². The summed E-state index contributed by atoms with van der Waals surface area (Å²) < 4.78 is 6.14. The highest BCUT2D eigenvalue weighted by Gasteiger charge is 2.36. The van der Waals surface area contributed by atoms with Crippen LogP contribution in [0, 0.1) is 0 Å². The normalized spacial score (nSPS) is 14.5. The third-order valence-electron chi connectivity index (χ3n) is 4.00. The van der Waals surface area contributed by atoms with E-state index >= 15 is 0 Å². The molecule has 0 aliphatic heterocycles. The van der Waals surface area contributed by atoms with Crippen molar-refractivity contribution in [3.8, 4) is 0 Å². The Morgan fingerprint density at radius 3 is 2.21 bits per heavy atom. The van der Waals surface area contributed by atoms with Crippen LogP contribution in [0.15, 0.2) is 24.3 Å². The lowest BCUT2D eigenvalue weighted by molar-refractivity contribution is 0.272. The van der Waals surface area contributed by atoms with E-state index in [1.165, 1.54) is 0 Å². The average Bonchev–Trinajstić information content (AvgIpc) is 2.28. The minimum atomic E-state index is -1.66. The second-order valence-electron chi connectivity index (χ2n) is 6.56. The van der Waals surface area contributed by atoms with Gasteiger partial charge in [0, 0.05) is 17.7 Å². The van der Waals surface area contributed by atoms with E-state index in [0.29, 0.717) is 0 Å². The van der Waals surface area contributed by atoms with Gasteiger partial charge in [-0.3, -0.25) is 0 Å². The Balaban J connectivity index is 2.47. The number of rotatable bonds is 5. The van der Waals surface area contributed by atoms with Crippen LogP contribution in [0.5, 0.6) is 0 Å². The lowest BCUT2D eigenvalue weighted by Crippen LogP contribution is -2.41. The maximum absolute atomic E-state index is 6.18. The summed E-state index contributed by atoms with van der Waals surface area (Å²) in [7, 11) is -1.66. The standard InChI is InChI=1S/C15H26ClNOSi/c1-15(2,3)19(4,5)18-11-10-14(17)12-6-8-13(16)9-7-12/h6-9,14H,10-11,17H2,1-5H3/t14-/m0/s1. The predicted octanol–water partition coefficient (Wildman–Crippen LogP) is 4.75. The zero-order chi connectivity index (χ0) is 14.7. The summed E-state index contributed by atoms with van der Waals surface area (Å²) in [6.45, 7) is 12.0. The molecule has 0 unspecified atom stereocenters. The molecule has 0 bridgehead atoms. The first-order valence-corrected chi connectivity index (χ1v) is 10.1. The molecule has 2 nitrogen and oxygen atoms in total. The van der Waals surface area contributed by atoms with Crippen LogP contribution in [0.3, 0.4) is 0 Å². The third-order valence-corrected chi connectivity index (χ3v) is 8.79. The highest BCUT2D eigenvalue weighted by molar-refractivity contribution is 6.74. The first-order chi connectivity index (χ1) is 8.63. The number of hydrogen-bond donors (Lipinski definition) is 1. The van der Waals surface area contributed by atoms with E-state index in [1.807, 2.05) is 24.3 Å². The van der Waals surface area contributed by atoms with Gasteiger partial charge in [-0.15, -0.1) is 0 Å². The molecule has 0 fully saturated rings. The van der Waals surface area contributed by atoms with Crippen LogP contribution >= 0.6 is 11.6 Å². The first-order valence-electron chi connectivity index (χ1n) is 6.78. The fourth-order valence-electron chi connectivity index (χ4n) is 1.53. The van der Waals surface area contributed by atoms with E-state index in [9.17, 15) is 0 Å². The van der Waals surface area contributed by atoms with Gasteiger partial charge in [-0.1, -0.05) is 44.5 Å². The Labute approximate surface area is 123 Å². The molecular weight excluding hydrogens is 274 g/mol. The predicted molar refractivity (Wildman–Crippen MR) is 86.1 cm³/mol. The molecule has 0 radical (unpaired) electrons. The van der Waals surface area contributed by atoms with Gasteiger partial charge in [0.2, 0.25) is 0 Å². The monoisotopic (exact) mass is 299 g/mol. The zero-order valence-electron chi connectivity index (χ0n) is 12.7. The smallest absolute Gasteiger partial charge is 0.191 e. The van der Waals surface area contributed by atoms with Crippen molar-refractivity contribution in [1.82, 2.24) is 0 Å². The molecule has 1 rings (SSSR count). The molecule has 0 aromatic heterocycles. The highest BCUT2D eigenvalue weighted by atomic mass is 35.5. The van der Waals surface area contributed by atoms with Crippen LogP contribution in [0.2, 0.25) is 23.2 Å². The van der Waals surface area contributed by atoms with E-state index in [0.717, 1.165) is 23.6 Å². The van der Waals surface area contributed by atoms with Crippen molar-refractivity contribution in [2.45, 2.75) is 51.4 Å². The number of hydrogen-bond acceptors (Lipinski definition) is 2. The summed E-state index contributed by atoms with van der Waals surface area (Å²) in [6.07, 6.45) is 0.841. The molecule has 2 N–H and O–H groups in total. The van der Waals surface area contributed by atoms with E-state index < -0.39 is 8.32 Å². The van der Waals surface area contributed by atoms with Gasteiger partial charge in [-0.05, 0) is 42.2 Å². The number of nitrogens with two attached hydrogens (primary N) is 1. The molecule has 108 valence electrons. The second-order valence-corrected chi connectivity index (χ2v) is 11.8. The van der Waals surface area contributed by atoms with Crippen molar-refractivity contribution in [2.75, 3.05) is 6.61 Å². The molecule has 4 heteroatoms. The Hall–Kier alpha value is -0.353. The SMILES string of the molecule is CC(C)(C)[Si](C)(C)OCC[C@H](N)c1ccc(Cl)cc1. The van der Waals surface area contributed by atoms with Gasteiger partial charge >= 0.3 is 0 Å². The van der Waals surface area contributed by atoms with E-state index in [1.54, 1.807) is 0 Å². The van der Waals surface area contributed by atoms with Crippen molar-refractivity contribution in [1.29, 1.82) is 0 Å². The molecule has 0 aliphatic carbocycles. The molecule has 0 saturated heterocycles. The fraction of sp³-hybridized carbons (Fsp3) is 0.600. The molecule has 1 aromatic rings. The van der Waals surface area contributed by atoms with Crippen molar-refractivity contribution >= 4 is 19.9 Å². The maximum Gasteiger partial charge on any atom is 0.191 e. The Morgan fingerprint density at radius 2 is 1.74 bits per heavy atom. The van der Waals surface area contributed by atoms with Gasteiger partial charge in [0.25, 0.3) is 0 Å². The minimum Gasteiger partial charge on any atom is -0.417 e. The first kappa shape index (κ1) is 16.7. The topological polar surface area (TPSA) is 35.2 Å². The van der Waals surface area contributed by atoms with Gasteiger partial charge in [-0.2, -0.15) is 0 Å². The van der Waals surface area contributed by atoms with E-state index in [-0.39, 0.29) is 11.1 Å². The maximum atomic E-state index is 6.18. The van der Waals surface area contributed by atoms with Crippen LogP contribution in [0.1, 0.15) is 38.8 Å². The Morgan fingerprint density at radius 1 is 1.21 bits per heavy atom. The molecule has 0 aliphatic rings. The Kier molecular flexibility index (Phi) is 5.62. The van der Waals surface area contributed by atoms with Crippen LogP contribution < -0.4 is 5.73 Å². The van der Waals surface area contributed by atoms with E-state index in [2.05, 4.69) is 33.9 Å². The summed E-state index contributed by atoms with van der Waals surface area (Å²) >= 11 is 5.87. The summed E-state index contributed by atoms with van der Waals surface area (Å²) in [4.78, 5) is 0. The van der Waals surface area contributed by atoms with Crippen molar-refractivity contribution in [3.05, 3.63) is 34.9 Å². The van der Waals surface area contributed by atoms with Gasteiger partial charge in [0.1, 0.15) is 0 Å². The molecule has 0 amide bonds. The van der Waals surface area contributed by atoms with Crippen LogP contribution in [-0.2, 0) is 4.43 Å². The zero-order valence-corrected chi connectivity index (χ0v) is 14.4. The number of halogens is 1. The summed E-state index contributed by atoms with van der Waals surface area (Å²) in [6, 6.07) is 7.75. The molecular formula is C15H26ClNOSi. The second kappa shape index (κ2) is 6.40. The Bertz CT molecular complexity index is 398. The van der Waals surface area contributed by atoms with Crippen molar-refractivity contribution in [2.24, 2.45) is 5.73 Å². The van der Waals surface area contributed by atoms with Gasteiger partial charge in [-0.25, -0.2) is 0 Å². The van der Waals surface area contributed by atoms with Gasteiger partial charge in [0.15, 0.2) is 8.32 Å². The van der Waals surface area contributed by atoms with Crippen molar-refractivity contribution in [3.63, 3.8) is 0 Å².